The first kappa shape index (κ1) is 11.8. The molecule has 0 amide bonds. The van der Waals surface area contributed by atoms with Crippen LogP contribution in [0.5, 0.6) is 0 Å². The molecule has 0 aromatic rings. The molecular formula is C10H18F3N. The lowest BCUT2D eigenvalue weighted by Crippen LogP contribution is -2.50. The summed E-state index contributed by atoms with van der Waals surface area (Å²) in [5, 5.41) is 3.01. The fourth-order valence-electron chi connectivity index (χ4n) is 2.13. The van der Waals surface area contributed by atoms with E-state index in [9.17, 15) is 13.2 Å². The molecule has 0 spiro atoms. The van der Waals surface area contributed by atoms with Crippen molar-refractivity contribution in [3.63, 3.8) is 0 Å². The van der Waals surface area contributed by atoms with Crippen LogP contribution in [-0.2, 0) is 0 Å². The SMILES string of the molecule is CCC(C)C1NCCCC1C(F)(F)F. The van der Waals surface area contributed by atoms with Crippen molar-refractivity contribution in [2.75, 3.05) is 6.54 Å². The van der Waals surface area contributed by atoms with Crippen molar-refractivity contribution in [1.82, 2.24) is 5.32 Å². The molecule has 1 nitrogen and oxygen atoms in total. The first-order valence-electron chi connectivity index (χ1n) is 5.27. The molecule has 3 unspecified atom stereocenters. The number of hydrogen-bond donors (Lipinski definition) is 1. The molecule has 0 aromatic heterocycles. The maximum Gasteiger partial charge on any atom is 0.393 e. The van der Waals surface area contributed by atoms with Gasteiger partial charge in [-0.25, -0.2) is 0 Å². The third-order valence-electron chi connectivity index (χ3n) is 3.18. The average molecular weight is 209 g/mol. The molecule has 1 aliphatic heterocycles. The van der Waals surface area contributed by atoms with Crippen LogP contribution in [0.25, 0.3) is 0 Å². The van der Waals surface area contributed by atoms with Crippen molar-refractivity contribution in [3.8, 4) is 0 Å². The van der Waals surface area contributed by atoms with Gasteiger partial charge in [0.25, 0.3) is 0 Å². The van der Waals surface area contributed by atoms with Crippen LogP contribution in [0.15, 0.2) is 0 Å². The third kappa shape index (κ3) is 2.62. The predicted molar refractivity (Wildman–Crippen MR) is 50.0 cm³/mol. The molecular weight excluding hydrogens is 191 g/mol. The number of nitrogens with one attached hydrogen (secondary N) is 1. The van der Waals surface area contributed by atoms with E-state index in [0.717, 1.165) is 13.0 Å². The van der Waals surface area contributed by atoms with Gasteiger partial charge in [-0.3, -0.25) is 0 Å². The number of hydrogen-bond acceptors (Lipinski definition) is 1. The second kappa shape index (κ2) is 4.51. The predicted octanol–water partition coefficient (Wildman–Crippen LogP) is 2.96. The van der Waals surface area contributed by atoms with Gasteiger partial charge in [0, 0.05) is 6.04 Å². The van der Waals surface area contributed by atoms with Crippen LogP contribution in [-0.4, -0.2) is 18.8 Å². The van der Waals surface area contributed by atoms with E-state index >= 15 is 0 Å². The van der Waals surface area contributed by atoms with Crippen LogP contribution in [0.1, 0.15) is 33.1 Å². The van der Waals surface area contributed by atoms with Crippen molar-refractivity contribution in [1.29, 1.82) is 0 Å². The van der Waals surface area contributed by atoms with E-state index < -0.39 is 12.1 Å². The summed E-state index contributed by atoms with van der Waals surface area (Å²) in [6.07, 6.45) is -2.33. The number of alkyl halides is 3. The second-order valence-electron chi connectivity index (χ2n) is 4.16. The molecule has 1 rings (SSSR count). The molecule has 1 fully saturated rings. The summed E-state index contributed by atoms with van der Waals surface area (Å²) < 4.78 is 37.9. The Labute approximate surface area is 83.1 Å². The molecule has 84 valence electrons. The normalized spacial score (nSPS) is 31.5. The Morgan fingerprint density at radius 1 is 1.43 bits per heavy atom. The van der Waals surface area contributed by atoms with Crippen LogP contribution >= 0.6 is 0 Å². The average Bonchev–Trinajstić information content (AvgIpc) is 2.15. The van der Waals surface area contributed by atoms with Gasteiger partial charge in [0.2, 0.25) is 0 Å². The minimum Gasteiger partial charge on any atom is -0.313 e. The highest BCUT2D eigenvalue weighted by atomic mass is 19.4. The zero-order valence-corrected chi connectivity index (χ0v) is 8.69. The Hall–Kier alpha value is -0.250. The summed E-state index contributed by atoms with van der Waals surface area (Å²) in [5.41, 5.74) is 0. The van der Waals surface area contributed by atoms with Gasteiger partial charge < -0.3 is 5.32 Å². The topological polar surface area (TPSA) is 12.0 Å². The lowest BCUT2D eigenvalue weighted by atomic mass is 9.82. The van der Waals surface area contributed by atoms with Gasteiger partial charge in [-0.05, 0) is 25.3 Å². The largest absolute Gasteiger partial charge is 0.393 e. The lowest BCUT2D eigenvalue weighted by Gasteiger charge is -2.37. The van der Waals surface area contributed by atoms with Crippen LogP contribution in [0.3, 0.4) is 0 Å². The highest BCUT2D eigenvalue weighted by Gasteiger charge is 2.46. The van der Waals surface area contributed by atoms with Crippen LogP contribution in [0.2, 0.25) is 0 Å². The van der Waals surface area contributed by atoms with E-state index in [-0.39, 0.29) is 18.4 Å². The van der Waals surface area contributed by atoms with E-state index in [1.807, 2.05) is 13.8 Å². The number of rotatable bonds is 2. The smallest absolute Gasteiger partial charge is 0.313 e. The maximum absolute atomic E-state index is 12.6. The van der Waals surface area contributed by atoms with Crippen molar-refractivity contribution in [3.05, 3.63) is 0 Å². The molecule has 0 radical (unpaired) electrons. The van der Waals surface area contributed by atoms with Crippen LogP contribution < -0.4 is 5.32 Å². The molecule has 4 heteroatoms. The van der Waals surface area contributed by atoms with Crippen molar-refractivity contribution in [2.24, 2.45) is 11.8 Å². The molecule has 14 heavy (non-hydrogen) atoms. The number of halogens is 3. The van der Waals surface area contributed by atoms with Gasteiger partial charge in [-0.2, -0.15) is 13.2 Å². The lowest BCUT2D eigenvalue weighted by molar-refractivity contribution is -0.192. The summed E-state index contributed by atoms with van der Waals surface area (Å²) in [6, 6.07) is -0.381. The van der Waals surface area contributed by atoms with Gasteiger partial charge in [0.1, 0.15) is 0 Å². The molecule has 0 bridgehead atoms. The Bertz CT molecular complexity index is 179. The summed E-state index contributed by atoms with van der Waals surface area (Å²) in [7, 11) is 0. The zero-order chi connectivity index (χ0) is 10.8. The van der Waals surface area contributed by atoms with Gasteiger partial charge in [-0.15, -0.1) is 0 Å². The summed E-state index contributed by atoms with van der Waals surface area (Å²) in [6.45, 7) is 4.55. The molecule has 1 heterocycles. The molecule has 0 saturated carbocycles. The molecule has 3 atom stereocenters. The summed E-state index contributed by atoms with van der Waals surface area (Å²) in [5.74, 6) is -1.05. The molecule has 0 aliphatic carbocycles. The Morgan fingerprint density at radius 3 is 2.57 bits per heavy atom. The van der Waals surface area contributed by atoms with Gasteiger partial charge in [0.05, 0.1) is 5.92 Å². The zero-order valence-electron chi connectivity index (χ0n) is 8.69. The highest BCUT2D eigenvalue weighted by Crippen LogP contribution is 2.37. The van der Waals surface area contributed by atoms with Crippen molar-refractivity contribution in [2.45, 2.75) is 45.3 Å². The minimum atomic E-state index is -4.04. The summed E-state index contributed by atoms with van der Waals surface area (Å²) >= 11 is 0. The number of piperidine rings is 1. The molecule has 1 saturated heterocycles. The van der Waals surface area contributed by atoms with E-state index in [4.69, 9.17) is 0 Å². The molecule has 1 N–H and O–H groups in total. The minimum absolute atomic E-state index is 0.0990. The first-order valence-corrected chi connectivity index (χ1v) is 5.27. The van der Waals surface area contributed by atoms with E-state index in [0.29, 0.717) is 6.42 Å². The highest BCUT2D eigenvalue weighted by molar-refractivity contribution is 4.88. The fourth-order valence-corrected chi connectivity index (χ4v) is 2.13. The fraction of sp³-hybridized carbons (Fsp3) is 1.00. The Kier molecular flexibility index (Phi) is 3.81. The molecule has 0 aromatic carbocycles. The second-order valence-corrected chi connectivity index (χ2v) is 4.16. The van der Waals surface area contributed by atoms with Crippen LogP contribution in [0.4, 0.5) is 13.2 Å². The summed E-state index contributed by atoms with van der Waals surface area (Å²) in [4.78, 5) is 0. The third-order valence-corrected chi connectivity index (χ3v) is 3.18. The van der Waals surface area contributed by atoms with Gasteiger partial charge in [0.15, 0.2) is 0 Å². The molecule has 1 aliphatic rings. The Morgan fingerprint density at radius 2 is 2.07 bits per heavy atom. The van der Waals surface area contributed by atoms with Crippen LogP contribution in [0, 0.1) is 11.8 Å². The van der Waals surface area contributed by atoms with Gasteiger partial charge in [-0.1, -0.05) is 20.3 Å². The van der Waals surface area contributed by atoms with E-state index in [1.165, 1.54) is 0 Å². The Balaban J connectivity index is 2.69. The maximum atomic E-state index is 12.6. The van der Waals surface area contributed by atoms with Crippen molar-refractivity contribution < 1.29 is 13.2 Å². The van der Waals surface area contributed by atoms with Crippen molar-refractivity contribution >= 4 is 0 Å². The van der Waals surface area contributed by atoms with E-state index in [2.05, 4.69) is 5.32 Å². The standard InChI is InChI=1S/C10H18F3N/c1-3-7(2)9-8(10(11,12)13)5-4-6-14-9/h7-9,14H,3-6H2,1-2H3. The quantitative estimate of drug-likeness (QED) is 0.737. The first-order chi connectivity index (χ1) is 6.46. The van der Waals surface area contributed by atoms with Gasteiger partial charge >= 0.3 is 6.18 Å². The van der Waals surface area contributed by atoms with E-state index in [1.54, 1.807) is 0 Å². The monoisotopic (exact) mass is 209 g/mol.